The van der Waals surface area contributed by atoms with Crippen molar-refractivity contribution in [2.45, 2.75) is 22.8 Å². The monoisotopic (exact) mass is 398 g/mol. The second-order valence-electron chi connectivity index (χ2n) is 5.25. The van der Waals surface area contributed by atoms with Gasteiger partial charge in [-0.1, -0.05) is 29.8 Å². The summed E-state index contributed by atoms with van der Waals surface area (Å²) in [4.78, 5) is 13.2. The van der Waals surface area contributed by atoms with E-state index in [4.69, 9.17) is 11.6 Å². The minimum absolute atomic E-state index is 0.132. The van der Waals surface area contributed by atoms with Crippen LogP contribution in [-0.4, -0.2) is 32.7 Å². The predicted molar refractivity (Wildman–Crippen MR) is 101 cm³/mol. The van der Waals surface area contributed by atoms with E-state index in [1.165, 1.54) is 19.1 Å². The molecule has 25 heavy (non-hydrogen) atoms. The fraction of sp³-hybridized carbons (Fsp3) is 0.235. The molecule has 0 aromatic heterocycles. The highest BCUT2D eigenvalue weighted by Crippen LogP contribution is 2.19. The van der Waals surface area contributed by atoms with E-state index in [1.54, 1.807) is 30.0 Å². The van der Waals surface area contributed by atoms with E-state index in [1.807, 2.05) is 24.3 Å². The van der Waals surface area contributed by atoms with Gasteiger partial charge in [0, 0.05) is 22.2 Å². The molecule has 0 fully saturated rings. The van der Waals surface area contributed by atoms with Crippen LogP contribution in [0.4, 0.5) is 0 Å². The standard InChI is InChI=1S/C17H19ClN2O3S2/c1-13(20-25(22,23)16-5-3-2-4-6-16)17(21)19-11-12-24-15-9-7-14(18)8-10-15/h2-10,13,20H,11-12H2,1H3,(H,19,21)/t13-/m0/s1. The Labute approximate surface area is 157 Å². The molecule has 8 heteroatoms. The smallest absolute Gasteiger partial charge is 0.241 e. The topological polar surface area (TPSA) is 75.3 Å². The SMILES string of the molecule is C[C@H](NS(=O)(=O)c1ccccc1)C(=O)NCCSc1ccc(Cl)cc1. The Morgan fingerprint density at radius 2 is 1.76 bits per heavy atom. The van der Waals surface area contributed by atoms with Gasteiger partial charge in [0.15, 0.2) is 0 Å². The van der Waals surface area contributed by atoms with Crippen LogP contribution in [0.5, 0.6) is 0 Å². The van der Waals surface area contributed by atoms with Gasteiger partial charge in [-0.3, -0.25) is 4.79 Å². The van der Waals surface area contributed by atoms with Gasteiger partial charge in [0.2, 0.25) is 15.9 Å². The third kappa shape index (κ3) is 6.36. The average Bonchev–Trinajstić information content (AvgIpc) is 2.60. The van der Waals surface area contributed by atoms with Crippen LogP contribution < -0.4 is 10.0 Å². The highest BCUT2D eigenvalue weighted by molar-refractivity contribution is 7.99. The first kappa shape index (κ1) is 19.8. The number of hydrogen-bond acceptors (Lipinski definition) is 4. The lowest BCUT2D eigenvalue weighted by Crippen LogP contribution is -2.45. The van der Waals surface area contributed by atoms with Gasteiger partial charge in [-0.15, -0.1) is 11.8 Å². The fourth-order valence-electron chi connectivity index (χ4n) is 1.98. The molecule has 2 rings (SSSR count). The van der Waals surface area contributed by atoms with Gasteiger partial charge in [-0.05, 0) is 43.3 Å². The summed E-state index contributed by atoms with van der Waals surface area (Å²) < 4.78 is 26.7. The zero-order valence-corrected chi connectivity index (χ0v) is 16.0. The summed E-state index contributed by atoms with van der Waals surface area (Å²) in [6.45, 7) is 1.95. The molecule has 0 aliphatic rings. The second kappa shape index (κ2) is 9.24. The summed E-state index contributed by atoms with van der Waals surface area (Å²) in [5.74, 6) is 0.308. The van der Waals surface area contributed by atoms with Crippen molar-refractivity contribution in [3.8, 4) is 0 Å². The first-order valence-electron chi connectivity index (χ1n) is 7.62. The molecule has 1 amide bonds. The summed E-state index contributed by atoms with van der Waals surface area (Å²) in [5.41, 5.74) is 0. The zero-order chi connectivity index (χ0) is 18.3. The molecule has 0 heterocycles. The van der Waals surface area contributed by atoms with Crippen molar-refractivity contribution in [2.24, 2.45) is 0 Å². The van der Waals surface area contributed by atoms with Crippen molar-refractivity contribution < 1.29 is 13.2 Å². The highest BCUT2D eigenvalue weighted by atomic mass is 35.5. The molecule has 0 radical (unpaired) electrons. The van der Waals surface area contributed by atoms with Crippen LogP contribution in [0, 0.1) is 0 Å². The molecule has 2 aromatic carbocycles. The lowest BCUT2D eigenvalue weighted by molar-refractivity contribution is -0.122. The Morgan fingerprint density at radius 1 is 1.12 bits per heavy atom. The molecule has 0 saturated carbocycles. The minimum Gasteiger partial charge on any atom is -0.354 e. The van der Waals surface area contributed by atoms with E-state index < -0.39 is 16.1 Å². The summed E-state index contributed by atoms with van der Waals surface area (Å²) >= 11 is 7.40. The maximum atomic E-state index is 12.2. The molecule has 1 atom stereocenters. The number of amides is 1. The van der Waals surface area contributed by atoms with Crippen LogP contribution in [-0.2, 0) is 14.8 Å². The molecule has 2 N–H and O–H groups in total. The quantitative estimate of drug-likeness (QED) is 0.529. The van der Waals surface area contributed by atoms with Crippen molar-refractivity contribution in [3.05, 3.63) is 59.6 Å². The molecule has 0 aliphatic heterocycles. The minimum atomic E-state index is -3.71. The van der Waals surface area contributed by atoms with Gasteiger partial charge in [-0.25, -0.2) is 8.42 Å². The number of sulfonamides is 1. The Balaban J connectivity index is 1.77. The maximum absolute atomic E-state index is 12.2. The van der Waals surface area contributed by atoms with E-state index in [-0.39, 0.29) is 10.8 Å². The number of halogens is 1. The lowest BCUT2D eigenvalue weighted by atomic mass is 10.3. The van der Waals surface area contributed by atoms with Crippen LogP contribution in [0.1, 0.15) is 6.92 Å². The highest BCUT2D eigenvalue weighted by Gasteiger charge is 2.21. The molecule has 0 spiro atoms. The van der Waals surface area contributed by atoms with Crippen LogP contribution >= 0.6 is 23.4 Å². The van der Waals surface area contributed by atoms with Gasteiger partial charge >= 0.3 is 0 Å². The zero-order valence-electron chi connectivity index (χ0n) is 13.6. The van der Waals surface area contributed by atoms with Crippen LogP contribution in [0.3, 0.4) is 0 Å². The van der Waals surface area contributed by atoms with Gasteiger partial charge in [0.05, 0.1) is 10.9 Å². The van der Waals surface area contributed by atoms with Gasteiger partial charge in [0.25, 0.3) is 0 Å². The number of thioether (sulfide) groups is 1. The summed E-state index contributed by atoms with van der Waals surface area (Å²) in [5, 5.41) is 3.40. The number of carbonyl (C=O) groups excluding carboxylic acids is 1. The lowest BCUT2D eigenvalue weighted by Gasteiger charge is -2.14. The summed E-state index contributed by atoms with van der Waals surface area (Å²) in [7, 11) is -3.71. The van der Waals surface area contributed by atoms with E-state index in [2.05, 4.69) is 10.0 Å². The number of benzene rings is 2. The summed E-state index contributed by atoms with van der Waals surface area (Å²) in [6, 6.07) is 14.5. The van der Waals surface area contributed by atoms with Crippen LogP contribution in [0.2, 0.25) is 5.02 Å². The molecule has 134 valence electrons. The molecule has 5 nitrogen and oxygen atoms in total. The number of nitrogens with one attached hydrogen (secondary N) is 2. The van der Waals surface area contributed by atoms with Crippen molar-refractivity contribution in [3.63, 3.8) is 0 Å². The van der Waals surface area contributed by atoms with Gasteiger partial charge in [-0.2, -0.15) is 4.72 Å². The van der Waals surface area contributed by atoms with E-state index >= 15 is 0 Å². The third-order valence-corrected chi connectivity index (χ3v) is 6.08. The van der Waals surface area contributed by atoms with Crippen LogP contribution in [0.25, 0.3) is 0 Å². The molecule has 0 bridgehead atoms. The largest absolute Gasteiger partial charge is 0.354 e. The average molecular weight is 399 g/mol. The third-order valence-electron chi connectivity index (χ3n) is 3.26. The molecular weight excluding hydrogens is 380 g/mol. The second-order valence-corrected chi connectivity index (χ2v) is 8.57. The number of carbonyl (C=O) groups is 1. The summed E-state index contributed by atoms with van der Waals surface area (Å²) in [6.07, 6.45) is 0. The molecule has 0 saturated heterocycles. The molecule has 0 aliphatic carbocycles. The Bertz CT molecular complexity index is 796. The normalized spacial score (nSPS) is 12.6. The van der Waals surface area contributed by atoms with Crippen molar-refractivity contribution in [2.75, 3.05) is 12.3 Å². The molecule has 0 unspecified atom stereocenters. The molecular formula is C17H19ClN2O3S2. The van der Waals surface area contributed by atoms with Crippen LogP contribution in [0.15, 0.2) is 64.4 Å². The van der Waals surface area contributed by atoms with Gasteiger partial charge in [0.1, 0.15) is 0 Å². The number of hydrogen-bond donors (Lipinski definition) is 2. The Kier molecular flexibility index (Phi) is 7.31. The molecule has 2 aromatic rings. The predicted octanol–water partition coefficient (Wildman–Crippen LogP) is 2.92. The fourth-order valence-corrected chi connectivity index (χ4v) is 4.10. The van der Waals surface area contributed by atoms with E-state index in [0.717, 1.165) is 4.90 Å². The van der Waals surface area contributed by atoms with Crippen molar-refractivity contribution >= 4 is 39.3 Å². The van der Waals surface area contributed by atoms with E-state index in [9.17, 15) is 13.2 Å². The first-order valence-corrected chi connectivity index (χ1v) is 10.5. The van der Waals surface area contributed by atoms with E-state index in [0.29, 0.717) is 17.3 Å². The van der Waals surface area contributed by atoms with Crippen molar-refractivity contribution in [1.29, 1.82) is 0 Å². The van der Waals surface area contributed by atoms with Crippen molar-refractivity contribution in [1.82, 2.24) is 10.0 Å². The Hall–Kier alpha value is -1.54. The number of rotatable bonds is 8. The van der Waals surface area contributed by atoms with Gasteiger partial charge < -0.3 is 5.32 Å². The maximum Gasteiger partial charge on any atom is 0.241 e. The Morgan fingerprint density at radius 3 is 2.40 bits per heavy atom. The first-order chi connectivity index (χ1) is 11.9.